The van der Waals surface area contributed by atoms with Crippen molar-refractivity contribution in [3.63, 3.8) is 0 Å². The Morgan fingerprint density at radius 3 is 2.63 bits per heavy atom. The number of alkyl halides is 1. The van der Waals surface area contributed by atoms with Crippen molar-refractivity contribution in [2.45, 2.75) is 70.1 Å². The fraction of sp³-hybridized carbons (Fsp3) is 0.483. The van der Waals surface area contributed by atoms with E-state index < -0.39 is 18.6 Å². The first kappa shape index (κ1) is 26.7. The topological polar surface area (TPSA) is 80.8 Å². The fourth-order valence-electron chi connectivity index (χ4n) is 5.51. The monoisotopic (exact) mass is 539 g/mol. The van der Waals surface area contributed by atoms with Crippen LogP contribution in [0.2, 0.25) is 0 Å². The molecule has 1 saturated carbocycles. The Labute approximate surface area is 226 Å². The molecule has 202 valence electrons. The van der Waals surface area contributed by atoms with Crippen molar-refractivity contribution >= 4 is 39.0 Å². The van der Waals surface area contributed by atoms with E-state index in [0.29, 0.717) is 45.1 Å². The van der Waals surface area contributed by atoms with Gasteiger partial charge in [-0.15, -0.1) is 11.3 Å². The van der Waals surface area contributed by atoms with E-state index in [-0.39, 0.29) is 23.8 Å². The average molecular weight is 540 g/mol. The number of aromatic nitrogens is 1. The number of methoxy groups -OCH3 is 1. The molecule has 0 amide bonds. The normalized spacial score (nSPS) is 23.7. The standard InChI is InChI=1S/C29H34FN3O4S/c1-18-6-3-4-7-22(18)32-26(20-11-14-23-24(16-20)38-17-31-23)27(34)28(33-15-5-8-25(33)30)37-21-12-9-19(10-13-21)29(35)36-2/h3-4,6-7,11,14,16-17,19,21,25-26,28,32H,5,8-10,12-13,15H2,1-2H3/t19?,21?,25-,26?,28?/m1/s1. The second-order valence-electron chi connectivity index (χ2n) is 10.2. The summed E-state index contributed by atoms with van der Waals surface area (Å²) in [5.74, 6) is -0.589. The summed E-state index contributed by atoms with van der Waals surface area (Å²) in [5, 5.41) is 3.45. The molecule has 2 fully saturated rings. The maximum atomic E-state index is 15.1. The van der Waals surface area contributed by atoms with Crippen LogP contribution >= 0.6 is 11.3 Å². The molecule has 2 aromatic carbocycles. The third-order valence-corrected chi connectivity index (χ3v) is 8.50. The van der Waals surface area contributed by atoms with Crippen molar-refractivity contribution in [1.29, 1.82) is 0 Å². The van der Waals surface area contributed by atoms with Crippen molar-refractivity contribution in [2.75, 3.05) is 19.0 Å². The van der Waals surface area contributed by atoms with Crippen LogP contribution in [-0.4, -0.2) is 53.9 Å². The number of likely N-dealkylation sites (tertiary alicyclic amines) is 1. The number of halogens is 1. The minimum Gasteiger partial charge on any atom is -0.469 e. The molecule has 2 heterocycles. The number of para-hydroxylation sites is 1. The van der Waals surface area contributed by atoms with Crippen molar-refractivity contribution in [1.82, 2.24) is 9.88 Å². The molecule has 5 rings (SSSR count). The van der Waals surface area contributed by atoms with Crippen LogP contribution in [0.15, 0.2) is 48.0 Å². The lowest BCUT2D eigenvalue weighted by molar-refractivity contribution is -0.167. The Morgan fingerprint density at radius 1 is 1.13 bits per heavy atom. The van der Waals surface area contributed by atoms with Crippen molar-refractivity contribution in [3.8, 4) is 0 Å². The van der Waals surface area contributed by atoms with Gasteiger partial charge in [0.1, 0.15) is 6.04 Å². The predicted molar refractivity (Wildman–Crippen MR) is 146 cm³/mol. The van der Waals surface area contributed by atoms with E-state index in [1.54, 1.807) is 10.4 Å². The lowest BCUT2D eigenvalue weighted by Crippen LogP contribution is -2.49. The minimum absolute atomic E-state index is 0.156. The van der Waals surface area contributed by atoms with Gasteiger partial charge in [0.2, 0.25) is 5.78 Å². The lowest BCUT2D eigenvalue weighted by atomic mass is 9.87. The number of aryl methyl sites for hydroxylation is 1. The van der Waals surface area contributed by atoms with Gasteiger partial charge in [-0.05, 0) is 74.8 Å². The summed E-state index contributed by atoms with van der Waals surface area (Å²) in [4.78, 5) is 32.3. The molecule has 0 spiro atoms. The van der Waals surface area contributed by atoms with E-state index in [2.05, 4.69) is 10.3 Å². The Balaban J connectivity index is 1.45. The zero-order chi connectivity index (χ0) is 26.6. The number of hydrogen-bond donors (Lipinski definition) is 1. The Morgan fingerprint density at radius 2 is 1.92 bits per heavy atom. The maximum absolute atomic E-state index is 15.1. The third-order valence-electron chi connectivity index (χ3n) is 7.71. The molecule has 3 aromatic rings. The van der Waals surface area contributed by atoms with E-state index in [9.17, 15) is 9.59 Å². The number of thiazole rings is 1. The quantitative estimate of drug-likeness (QED) is 0.272. The number of nitrogens with zero attached hydrogens (tertiary/aromatic N) is 2. The van der Waals surface area contributed by atoms with Crippen LogP contribution in [0.1, 0.15) is 55.7 Å². The second kappa shape index (κ2) is 11.9. The van der Waals surface area contributed by atoms with Gasteiger partial charge >= 0.3 is 5.97 Å². The molecule has 1 N–H and O–H groups in total. The van der Waals surface area contributed by atoms with Gasteiger partial charge < -0.3 is 14.8 Å². The number of benzene rings is 2. The minimum atomic E-state index is -1.24. The lowest BCUT2D eigenvalue weighted by Gasteiger charge is -2.36. The highest BCUT2D eigenvalue weighted by Gasteiger charge is 2.41. The number of ether oxygens (including phenoxy) is 2. The summed E-state index contributed by atoms with van der Waals surface area (Å²) < 4.78 is 27.4. The molecular weight excluding hydrogens is 505 g/mol. The van der Waals surface area contributed by atoms with Gasteiger partial charge in [0.25, 0.3) is 0 Å². The highest BCUT2D eigenvalue weighted by Crippen LogP contribution is 2.34. The molecule has 38 heavy (non-hydrogen) atoms. The molecule has 2 unspecified atom stereocenters. The third kappa shape index (κ3) is 5.75. The fourth-order valence-corrected chi connectivity index (χ4v) is 6.23. The summed E-state index contributed by atoms with van der Waals surface area (Å²) in [6, 6.07) is 12.9. The highest BCUT2D eigenvalue weighted by atomic mass is 32.1. The van der Waals surface area contributed by atoms with Gasteiger partial charge in [0.05, 0.1) is 34.9 Å². The number of rotatable bonds is 9. The van der Waals surface area contributed by atoms with Gasteiger partial charge in [-0.3, -0.25) is 9.59 Å². The number of fused-ring (bicyclic) bond motifs is 1. The number of hydrogen-bond acceptors (Lipinski definition) is 8. The Kier molecular flexibility index (Phi) is 8.35. The predicted octanol–water partition coefficient (Wildman–Crippen LogP) is 5.79. The first-order valence-corrected chi connectivity index (χ1v) is 14.1. The van der Waals surface area contributed by atoms with Crippen LogP contribution in [0.4, 0.5) is 10.1 Å². The van der Waals surface area contributed by atoms with E-state index >= 15 is 4.39 Å². The maximum Gasteiger partial charge on any atom is 0.308 e. The summed E-state index contributed by atoms with van der Waals surface area (Å²) in [6.07, 6.45) is 1.05. The number of nitrogens with one attached hydrogen (secondary N) is 1. The molecule has 1 saturated heterocycles. The molecule has 9 heteroatoms. The summed E-state index contributed by atoms with van der Waals surface area (Å²) >= 11 is 1.52. The molecule has 1 aliphatic carbocycles. The molecule has 0 bridgehead atoms. The Hall–Kier alpha value is -2.88. The summed E-state index contributed by atoms with van der Waals surface area (Å²) in [5.41, 5.74) is 5.29. The zero-order valence-electron chi connectivity index (χ0n) is 21.8. The summed E-state index contributed by atoms with van der Waals surface area (Å²) in [6.45, 7) is 2.45. The van der Waals surface area contributed by atoms with Crippen LogP contribution in [0.3, 0.4) is 0 Å². The summed E-state index contributed by atoms with van der Waals surface area (Å²) in [7, 11) is 1.40. The van der Waals surface area contributed by atoms with Gasteiger partial charge in [-0.25, -0.2) is 14.3 Å². The van der Waals surface area contributed by atoms with Crippen LogP contribution in [0, 0.1) is 12.8 Å². The van der Waals surface area contributed by atoms with Gasteiger partial charge in [0.15, 0.2) is 12.5 Å². The molecule has 3 atom stereocenters. The molecule has 1 aromatic heterocycles. The number of esters is 1. The van der Waals surface area contributed by atoms with E-state index in [0.717, 1.165) is 27.0 Å². The van der Waals surface area contributed by atoms with E-state index in [1.165, 1.54) is 18.4 Å². The number of ketones is 1. The molecule has 1 aliphatic heterocycles. The van der Waals surface area contributed by atoms with Crippen molar-refractivity contribution < 1.29 is 23.5 Å². The molecule has 2 aliphatic rings. The van der Waals surface area contributed by atoms with Crippen LogP contribution in [0.5, 0.6) is 0 Å². The smallest absolute Gasteiger partial charge is 0.308 e. The van der Waals surface area contributed by atoms with Crippen molar-refractivity contribution in [2.24, 2.45) is 5.92 Å². The number of carbonyl (C=O) groups excluding carboxylic acids is 2. The van der Waals surface area contributed by atoms with E-state index in [1.807, 2.05) is 49.4 Å². The first-order chi connectivity index (χ1) is 18.4. The SMILES string of the molecule is COC(=O)C1CCC(OC(C(=O)C(Nc2ccccc2C)c2ccc3ncsc3c2)N2CCC[C@@H]2F)CC1. The van der Waals surface area contributed by atoms with Crippen LogP contribution in [0.25, 0.3) is 10.2 Å². The number of Topliss-reactive ketones (excluding diaryl/α,β-unsaturated/α-hetero) is 1. The van der Waals surface area contributed by atoms with Crippen LogP contribution < -0.4 is 5.32 Å². The van der Waals surface area contributed by atoms with Gasteiger partial charge in [-0.1, -0.05) is 24.3 Å². The van der Waals surface area contributed by atoms with Gasteiger partial charge in [0, 0.05) is 12.2 Å². The number of anilines is 1. The van der Waals surface area contributed by atoms with Gasteiger partial charge in [-0.2, -0.15) is 0 Å². The largest absolute Gasteiger partial charge is 0.469 e. The zero-order valence-corrected chi connectivity index (χ0v) is 22.6. The first-order valence-electron chi connectivity index (χ1n) is 13.3. The molecule has 0 radical (unpaired) electrons. The Bertz CT molecular complexity index is 1280. The molecular formula is C29H34FN3O4S. The van der Waals surface area contributed by atoms with E-state index in [4.69, 9.17) is 9.47 Å². The number of carbonyl (C=O) groups is 2. The second-order valence-corrected chi connectivity index (χ2v) is 11.1. The average Bonchev–Trinajstić information content (AvgIpc) is 3.59. The highest BCUT2D eigenvalue weighted by molar-refractivity contribution is 7.16. The van der Waals surface area contributed by atoms with Crippen molar-refractivity contribution in [3.05, 3.63) is 59.1 Å². The van der Waals surface area contributed by atoms with Crippen LogP contribution in [-0.2, 0) is 19.1 Å². The molecule has 7 nitrogen and oxygen atoms in total.